The number of nitrogens with zero attached hydrogens (tertiary/aromatic N) is 4. The van der Waals surface area contributed by atoms with Gasteiger partial charge in [0.2, 0.25) is 5.91 Å². The van der Waals surface area contributed by atoms with Crippen LogP contribution in [0, 0.1) is 13.8 Å². The maximum absolute atomic E-state index is 12.9. The Morgan fingerprint density at radius 3 is 2.69 bits per heavy atom. The summed E-state index contributed by atoms with van der Waals surface area (Å²) in [7, 11) is 1.60. The van der Waals surface area contributed by atoms with Crippen LogP contribution in [0.15, 0.2) is 42.5 Å². The first-order chi connectivity index (χ1) is 12.6. The lowest BCUT2D eigenvalue weighted by molar-refractivity contribution is -0.117. The van der Waals surface area contributed by atoms with Gasteiger partial charge in [-0.05, 0) is 55.2 Å². The highest BCUT2D eigenvalue weighted by Crippen LogP contribution is 2.26. The summed E-state index contributed by atoms with van der Waals surface area (Å²) in [6.45, 7) is 4.03. The maximum Gasteiger partial charge on any atom is 0.232 e. The van der Waals surface area contributed by atoms with Crippen LogP contribution < -0.4 is 15.2 Å². The summed E-state index contributed by atoms with van der Waals surface area (Å²) >= 11 is 0. The van der Waals surface area contributed by atoms with E-state index in [9.17, 15) is 4.79 Å². The van der Waals surface area contributed by atoms with Gasteiger partial charge in [0.25, 0.3) is 0 Å². The second kappa shape index (κ2) is 7.77. The van der Waals surface area contributed by atoms with Crippen LogP contribution in [0.4, 0.5) is 5.69 Å². The number of hydrogen-bond donors (Lipinski definition) is 1. The van der Waals surface area contributed by atoms with Crippen molar-refractivity contribution in [1.82, 2.24) is 20.6 Å². The average Bonchev–Trinajstić information content (AvgIpc) is 3.17. The highest BCUT2D eigenvalue weighted by molar-refractivity contribution is 5.95. The number of nitrogens with one attached hydrogen (secondary N) is 1. The number of benzene rings is 2. The maximum atomic E-state index is 12.9. The second-order valence-corrected chi connectivity index (χ2v) is 6.09. The van der Waals surface area contributed by atoms with Crippen molar-refractivity contribution < 1.29 is 9.53 Å². The molecular formula is C19H20N5O2-. The first-order valence-electron chi connectivity index (χ1n) is 8.27. The number of aryl methyl sites for hydroxylation is 2. The molecule has 0 unspecified atom stereocenters. The lowest BCUT2D eigenvalue weighted by Gasteiger charge is -2.19. The molecular weight excluding hydrogens is 330 g/mol. The van der Waals surface area contributed by atoms with Gasteiger partial charge in [-0.15, -0.1) is 0 Å². The van der Waals surface area contributed by atoms with E-state index < -0.39 is 5.92 Å². The smallest absolute Gasteiger partial charge is 0.232 e. The Hall–Kier alpha value is -3.22. The predicted molar refractivity (Wildman–Crippen MR) is 97.1 cm³/mol. The van der Waals surface area contributed by atoms with E-state index in [-0.39, 0.29) is 11.7 Å². The molecule has 2 aromatic carbocycles. The van der Waals surface area contributed by atoms with Crippen LogP contribution in [0.1, 0.15) is 28.4 Å². The monoisotopic (exact) mass is 350 g/mol. The largest absolute Gasteiger partial charge is 0.496 e. The number of para-hydroxylation sites is 1. The summed E-state index contributed by atoms with van der Waals surface area (Å²) in [5.41, 5.74) is 3.90. The number of hydrogen-bond acceptors (Lipinski definition) is 5. The first-order valence-corrected chi connectivity index (χ1v) is 8.27. The third kappa shape index (κ3) is 3.88. The van der Waals surface area contributed by atoms with Crippen LogP contribution in [-0.2, 0) is 11.2 Å². The fraction of sp³-hybridized carbons (Fsp3) is 0.263. The molecule has 7 heteroatoms. The third-order valence-corrected chi connectivity index (χ3v) is 4.35. The van der Waals surface area contributed by atoms with Crippen molar-refractivity contribution in [3.05, 3.63) is 65.0 Å². The molecule has 1 heterocycles. The molecule has 7 nitrogen and oxygen atoms in total. The number of ether oxygens (including phenoxy) is 1. The van der Waals surface area contributed by atoms with Gasteiger partial charge < -0.3 is 15.2 Å². The molecule has 0 bridgehead atoms. The molecule has 134 valence electrons. The van der Waals surface area contributed by atoms with Gasteiger partial charge in [0.15, 0.2) is 0 Å². The van der Waals surface area contributed by atoms with E-state index in [0.717, 1.165) is 16.8 Å². The van der Waals surface area contributed by atoms with Gasteiger partial charge in [0.1, 0.15) is 5.75 Å². The van der Waals surface area contributed by atoms with Gasteiger partial charge in [-0.25, -0.2) is 0 Å². The Balaban J connectivity index is 1.86. The number of carbonyl (C=O) groups is 1. The summed E-state index contributed by atoms with van der Waals surface area (Å²) < 4.78 is 5.39. The number of anilines is 1. The van der Waals surface area contributed by atoms with Crippen molar-refractivity contribution in [3.63, 3.8) is 0 Å². The van der Waals surface area contributed by atoms with E-state index in [1.807, 2.05) is 56.3 Å². The zero-order chi connectivity index (χ0) is 18.5. The molecule has 3 rings (SSSR count). The van der Waals surface area contributed by atoms with Crippen molar-refractivity contribution in [3.8, 4) is 5.75 Å². The number of carbonyl (C=O) groups excluding carboxylic acids is 1. The highest BCUT2D eigenvalue weighted by Gasteiger charge is 2.22. The minimum absolute atomic E-state index is 0.214. The number of aromatic nitrogens is 4. The molecule has 1 amide bonds. The molecule has 1 atom stereocenters. The summed E-state index contributed by atoms with van der Waals surface area (Å²) in [6.07, 6.45) is 0.383. The van der Waals surface area contributed by atoms with Crippen LogP contribution in [0.5, 0.6) is 5.75 Å². The van der Waals surface area contributed by atoms with Crippen LogP contribution in [-0.4, -0.2) is 28.5 Å². The van der Waals surface area contributed by atoms with Crippen LogP contribution in [0.3, 0.4) is 0 Å². The second-order valence-electron chi connectivity index (χ2n) is 6.09. The molecule has 0 spiro atoms. The fourth-order valence-corrected chi connectivity index (χ4v) is 2.73. The van der Waals surface area contributed by atoms with E-state index in [2.05, 4.69) is 25.9 Å². The summed E-state index contributed by atoms with van der Waals surface area (Å²) in [5.74, 6) is 0.165. The summed E-state index contributed by atoms with van der Waals surface area (Å²) in [4.78, 5) is 12.9. The van der Waals surface area contributed by atoms with E-state index in [4.69, 9.17) is 4.74 Å². The van der Waals surface area contributed by atoms with Crippen LogP contribution in [0.25, 0.3) is 0 Å². The Kier molecular flexibility index (Phi) is 5.26. The summed E-state index contributed by atoms with van der Waals surface area (Å²) in [5, 5.41) is 17.8. The van der Waals surface area contributed by atoms with Crippen LogP contribution in [0.2, 0.25) is 0 Å². The highest BCUT2D eigenvalue weighted by atomic mass is 16.5. The Morgan fingerprint density at radius 2 is 2.00 bits per heavy atom. The minimum Gasteiger partial charge on any atom is -0.496 e. The van der Waals surface area contributed by atoms with E-state index in [1.54, 1.807) is 7.11 Å². The van der Waals surface area contributed by atoms with Gasteiger partial charge in [0, 0.05) is 11.5 Å². The average molecular weight is 350 g/mol. The molecule has 0 saturated heterocycles. The molecule has 26 heavy (non-hydrogen) atoms. The normalized spacial score (nSPS) is 11.8. The summed E-state index contributed by atoms with van der Waals surface area (Å²) in [6, 6.07) is 13.4. The molecule has 1 N–H and O–H groups in total. The van der Waals surface area contributed by atoms with Crippen molar-refractivity contribution in [2.45, 2.75) is 26.2 Å². The zero-order valence-electron chi connectivity index (χ0n) is 14.9. The standard InChI is InChI=1S/C19H21N5O2/c1-12-8-9-15(10-13(12)2)20-19(25)16(18-21-23-24-22-18)11-14-6-4-5-7-17(14)26-3/h4-10,16H,11H2,1-3H3,(H2,20,21,22,23,24,25)/p-1/t16-/m1/s1. The Bertz CT molecular complexity index is 893. The molecule has 1 aromatic heterocycles. The molecule has 0 radical (unpaired) electrons. The molecule has 3 aromatic rings. The quantitative estimate of drug-likeness (QED) is 0.734. The molecule has 0 aliphatic carbocycles. The SMILES string of the molecule is COc1ccccc1C[C@@H](C(=O)Nc1ccc(C)c(C)c1)c1nnn[n-]1. The first kappa shape index (κ1) is 17.6. The predicted octanol–water partition coefficient (Wildman–Crippen LogP) is 2.42. The van der Waals surface area contributed by atoms with Crippen LogP contribution >= 0.6 is 0 Å². The molecule has 0 saturated carbocycles. The number of amides is 1. The lowest BCUT2D eigenvalue weighted by Crippen LogP contribution is -2.24. The minimum atomic E-state index is -0.622. The Labute approximate surface area is 151 Å². The molecule has 0 fully saturated rings. The van der Waals surface area contributed by atoms with E-state index in [0.29, 0.717) is 12.2 Å². The van der Waals surface area contributed by atoms with Gasteiger partial charge >= 0.3 is 0 Å². The van der Waals surface area contributed by atoms with Gasteiger partial charge in [-0.3, -0.25) is 15.1 Å². The van der Waals surface area contributed by atoms with Crippen molar-refractivity contribution in [2.75, 3.05) is 12.4 Å². The molecule has 0 aliphatic rings. The van der Waals surface area contributed by atoms with Gasteiger partial charge in [0.05, 0.1) is 13.0 Å². The topological polar surface area (TPSA) is 91.1 Å². The van der Waals surface area contributed by atoms with Crippen molar-refractivity contribution in [2.24, 2.45) is 0 Å². The zero-order valence-corrected chi connectivity index (χ0v) is 14.9. The number of rotatable bonds is 6. The van der Waals surface area contributed by atoms with E-state index >= 15 is 0 Å². The lowest BCUT2D eigenvalue weighted by atomic mass is 9.96. The molecule has 0 aliphatic heterocycles. The Morgan fingerprint density at radius 1 is 1.19 bits per heavy atom. The number of methoxy groups -OCH3 is 1. The van der Waals surface area contributed by atoms with Crippen molar-refractivity contribution in [1.29, 1.82) is 0 Å². The van der Waals surface area contributed by atoms with Gasteiger partial charge in [-0.2, -0.15) is 5.21 Å². The van der Waals surface area contributed by atoms with Crippen molar-refractivity contribution >= 4 is 11.6 Å². The van der Waals surface area contributed by atoms with E-state index in [1.165, 1.54) is 5.56 Å². The number of tetrazole rings is 1. The fourth-order valence-electron chi connectivity index (χ4n) is 2.73. The van der Waals surface area contributed by atoms with Gasteiger partial charge in [-0.1, -0.05) is 24.3 Å². The third-order valence-electron chi connectivity index (χ3n) is 4.35.